The molecule has 0 heterocycles. The van der Waals surface area contributed by atoms with Crippen LogP contribution in [0.15, 0.2) is 42.5 Å². The Labute approximate surface area is 127 Å². The topological polar surface area (TPSA) is 38.0 Å². The Bertz CT molecular complexity index is 587. The van der Waals surface area contributed by atoms with E-state index in [0.717, 1.165) is 18.1 Å². The first kappa shape index (κ1) is 15.9. The van der Waals surface area contributed by atoms with Gasteiger partial charge in [-0.2, -0.15) is 0 Å². The average molecular weight is 311 g/mol. The van der Waals surface area contributed by atoms with Crippen molar-refractivity contribution in [3.63, 3.8) is 0 Å². The Kier molecular flexibility index (Phi) is 5.67. The van der Waals surface area contributed by atoms with E-state index in [2.05, 4.69) is 5.32 Å². The van der Waals surface area contributed by atoms with Gasteiger partial charge in [0, 0.05) is 24.2 Å². The van der Waals surface area contributed by atoms with Crippen LogP contribution in [0.4, 0.5) is 8.78 Å². The van der Waals surface area contributed by atoms with Gasteiger partial charge < -0.3 is 11.1 Å². The molecule has 0 radical (unpaired) electrons. The molecule has 1 unspecified atom stereocenters. The summed E-state index contributed by atoms with van der Waals surface area (Å²) in [5.74, 6) is -1.67. The lowest BCUT2D eigenvalue weighted by molar-refractivity contribution is 0.496. The Balaban J connectivity index is 1.92. The third-order valence-electron chi connectivity index (χ3n) is 3.26. The molecule has 2 rings (SSSR count). The minimum atomic E-state index is -0.838. The van der Waals surface area contributed by atoms with Crippen molar-refractivity contribution in [2.75, 3.05) is 6.54 Å². The second-order valence-electron chi connectivity index (χ2n) is 4.89. The highest BCUT2D eigenvalue weighted by Gasteiger charge is 2.08. The van der Waals surface area contributed by atoms with Crippen molar-refractivity contribution < 1.29 is 8.78 Å². The Hall–Kier alpha value is -1.49. The number of hydrogen-bond donors (Lipinski definition) is 2. The van der Waals surface area contributed by atoms with Crippen molar-refractivity contribution in [2.24, 2.45) is 5.73 Å². The van der Waals surface area contributed by atoms with Gasteiger partial charge in [0.2, 0.25) is 0 Å². The zero-order chi connectivity index (χ0) is 15.2. The summed E-state index contributed by atoms with van der Waals surface area (Å²) in [7, 11) is 0. The van der Waals surface area contributed by atoms with Gasteiger partial charge in [0.25, 0.3) is 0 Å². The third-order valence-corrected chi connectivity index (χ3v) is 3.51. The van der Waals surface area contributed by atoms with Crippen LogP contribution in [0.5, 0.6) is 0 Å². The van der Waals surface area contributed by atoms with Crippen molar-refractivity contribution in [1.29, 1.82) is 0 Å². The van der Waals surface area contributed by atoms with E-state index in [1.165, 1.54) is 6.07 Å². The lowest BCUT2D eigenvalue weighted by atomic mass is 10.1. The summed E-state index contributed by atoms with van der Waals surface area (Å²) < 4.78 is 26.0. The van der Waals surface area contributed by atoms with Gasteiger partial charge in [0.1, 0.15) is 0 Å². The van der Waals surface area contributed by atoms with E-state index < -0.39 is 11.6 Å². The summed E-state index contributed by atoms with van der Waals surface area (Å²) >= 11 is 5.84. The number of nitrogens with two attached hydrogens (primary N) is 1. The van der Waals surface area contributed by atoms with Crippen LogP contribution in [0.25, 0.3) is 0 Å². The first-order valence-corrected chi connectivity index (χ1v) is 7.08. The fraction of sp³-hybridized carbons (Fsp3) is 0.250. The Morgan fingerprint density at radius 3 is 2.29 bits per heavy atom. The van der Waals surface area contributed by atoms with Crippen molar-refractivity contribution in [1.82, 2.24) is 5.32 Å². The molecule has 0 aromatic heterocycles. The van der Waals surface area contributed by atoms with Crippen molar-refractivity contribution in [3.05, 3.63) is 70.2 Å². The zero-order valence-electron chi connectivity index (χ0n) is 11.5. The number of rotatable bonds is 6. The van der Waals surface area contributed by atoms with Crippen LogP contribution >= 0.6 is 11.6 Å². The predicted octanol–water partition coefficient (Wildman–Crippen LogP) is 3.28. The predicted molar refractivity (Wildman–Crippen MR) is 81.2 cm³/mol. The van der Waals surface area contributed by atoms with Gasteiger partial charge in [-0.05, 0) is 41.8 Å². The molecule has 5 heteroatoms. The summed E-state index contributed by atoms with van der Waals surface area (Å²) in [5.41, 5.74) is 7.55. The number of hydrogen-bond acceptors (Lipinski definition) is 2. The first-order chi connectivity index (χ1) is 10.1. The largest absolute Gasteiger partial charge is 0.329 e. The maximum absolute atomic E-state index is 13.1. The van der Waals surface area contributed by atoms with Crippen LogP contribution in [0, 0.1) is 11.6 Å². The molecule has 0 saturated heterocycles. The molecule has 1 atom stereocenters. The molecule has 0 aliphatic carbocycles. The van der Waals surface area contributed by atoms with Crippen LogP contribution in [0.3, 0.4) is 0 Å². The van der Waals surface area contributed by atoms with Gasteiger partial charge in [0.05, 0.1) is 0 Å². The molecule has 2 aromatic rings. The summed E-state index contributed by atoms with van der Waals surface area (Å²) in [4.78, 5) is 0. The van der Waals surface area contributed by atoms with Crippen LogP contribution in [-0.2, 0) is 13.0 Å². The lowest BCUT2D eigenvalue weighted by Gasteiger charge is -2.17. The van der Waals surface area contributed by atoms with E-state index in [9.17, 15) is 8.78 Å². The van der Waals surface area contributed by atoms with E-state index in [0.29, 0.717) is 23.7 Å². The zero-order valence-corrected chi connectivity index (χ0v) is 12.2. The van der Waals surface area contributed by atoms with Gasteiger partial charge in [-0.15, -0.1) is 0 Å². The number of benzene rings is 2. The van der Waals surface area contributed by atoms with Gasteiger partial charge >= 0.3 is 0 Å². The first-order valence-electron chi connectivity index (χ1n) is 6.70. The summed E-state index contributed by atoms with van der Waals surface area (Å²) in [6.45, 7) is 0.888. The van der Waals surface area contributed by atoms with Gasteiger partial charge in [-0.3, -0.25) is 0 Å². The monoisotopic (exact) mass is 310 g/mol. The minimum Gasteiger partial charge on any atom is -0.329 e. The van der Waals surface area contributed by atoms with Crippen molar-refractivity contribution >= 4 is 11.6 Å². The molecule has 112 valence electrons. The fourth-order valence-electron chi connectivity index (χ4n) is 2.06. The molecule has 0 bridgehead atoms. The quantitative estimate of drug-likeness (QED) is 0.859. The molecule has 2 nitrogen and oxygen atoms in total. The van der Waals surface area contributed by atoms with E-state index in [1.807, 2.05) is 24.3 Å². The fourth-order valence-corrected chi connectivity index (χ4v) is 2.18. The van der Waals surface area contributed by atoms with Crippen LogP contribution in [-0.4, -0.2) is 12.6 Å². The molecular formula is C16H17ClF2N2. The maximum Gasteiger partial charge on any atom is 0.159 e. The number of nitrogens with one attached hydrogen (secondary N) is 1. The molecule has 0 fully saturated rings. The molecule has 0 aliphatic rings. The average Bonchev–Trinajstić information content (AvgIpc) is 2.49. The third kappa shape index (κ3) is 4.77. The van der Waals surface area contributed by atoms with Gasteiger partial charge in [-0.25, -0.2) is 8.78 Å². The summed E-state index contributed by atoms with van der Waals surface area (Å²) in [6, 6.07) is 11.5. The summed E-state index contributed by atoms with van der Waals surface area (Å²) in [5, 5.41) is 3.94. The summed E-state index contributed by atoms with van der Waals surface area (Å²) in [6.07, 6.45) is 0.747. The second-order valence-corrected chi connectivity index (χ2v) is 5.33. The standard InChI is InChI=1S/C16H17ClF2N2/c17-13-4-1-11(2-5-13)7-14(9-20)21-10-12-3-6-15(18)16(19)8-12/h1-6,8,14,21H,7,9-10,20H2. The Morgan fingerprint density at radius 2 is 1.67 bits per heavy atom. The molecule has 2 aromatic carbocycles. The molecule has 21 heavy (non-hydrogen) atoms. The minimum absolute atomic E-state index is 0.0549. The van der Waals surface area contributed by atoms with E-state index in [4.69, 9.17) is 17.3 Å². The lowest BCUT2D eigenvalue weighted by Crippen LogP contribution is -2.37. The maximum atomic E-state index is 13.1. The molecular weight excluding hydrogens is 294 g/mol. The normalized spacial score (nSPS) is 12.4. The molecule has 0 spiro atoms. The van der Waals surface area contributed by atoms with Crippen LogP contribution < -0.4 is 11.1 Å². The van der Waals surface area contributed by atoms with Crippen LogP contribution in [0.2, 0.25) is 5.02 Å². The highest BCUT2D eigenvalue weighted by molar-refractivity contribution is 6.30. The molecule has 3 N–H and O–H groups in total. The van der Waals surface area contributed by atoms with Crippen molar-refractivity contribution in [3.8, 4) is 0 Å². The smallest absolute Gasteiger partial charge is 0.159 e. The van der Waals surface area contributed by atoms with E-state index >= 15 is 0 Å². The van der Waals surface area contributed by atoms with E-state index in [-0.39, 0.29) is 6.04 Å². The second kappa shape index (κ2) is 7.50. The molecule has 0 aliphatic heterocycles. The van der Waals surface area contributed by atoms with Crippen molar-refractivity contribution in [2.45, 2.75) is 19.0 Å². The van der Waals surface area contributed by atoms with Gasteiger partial charge in [-0.1, -0.05) is 29.8 Å². The van der Waals surface area contributed by atoms with Gasteiger partial charge in [0.15, 0.2) is 11.6 Å². The molecule has 0 saturated carbocycles. The SMILES string of the molecule is NCC(Cc1ccc(Cl)cc1)NCc1ccc(F)c(F)c1. The highest BCUT2D eigenvalue weighted by Crippen LogP contribution is 2.12. The van der Waals surface area contributed by atoms with Crippen LogP contribution in [0.1, 0.15) is 11.1 Å². The number of halogens is 3. The molecule has 0 amide bonds. The van der Waals surface area contributed by atoms with E-state index in [1.54, 1.807) is 6.07 Å². The highest BCUT2D eigenvalue weighted by atomic mass is 35.5. The Morgan fingerprint density at radius 1 is 1.00 bits per heavy atom.